The normalized spacial score (nSPS) is 25.6. The van der Waals surface area contributed by atoms with E-state index in [1.54, 1.807) is 0 Å². The van der Waals surface area contributed by atoms with Crippen molar-refractivity contribution in [2.45, 2.75) is 50.5 Å². The number of hydrogen-bond acceptors (Lipinski definition) is 5. The van der Waals surface area contributed by atoms with Crippen LogP contribution in [0.2, 0.25) is 0 Å². The highest BCUT2D eigenvalue weighted by Crippen LogP contribution is 2.39. The molecule has 6 nitrogen and oxygen atoms in total. The molecule has 2 fully saturated rings. The topological polar surface area (TPSA) is 75.3 Å². The fourth-order valence-corrected chi connectivity index (χ4v) is 3.48. The Morgan fingerprint density at radius 3 is 2.95 bits per heavy atom. The molecule has 2 aliphatic rings. The van der Waals surface area contributed by atoms with E-state index >= 15 is 0 Å². The van der Waals surface area contributed by atoms with Crippen LogP contribution in [0.3, 0.4) is 0 Å². The Kier molecular flexibility index (Phi) is 3.25. The predicted octanol–water partition coefficient (Wildman–Crippen LogP) is 1.96. The summed E-state index contributed by atoms with van der Waals surface area (Å²) in [4.78, 5) is 4.46. The molecule has 2 atom stereocenters. The summed E-state index contributed by atoms with van der Waals surface area (Å²) in [5.41, 5.74) is 0.828. The van der Waals surface area contributed by atoms with Crippen molar-refractivity contribution < 1.29 is 5.11 Å². The zero-order valence-electron chi connectivity index (χ0n) is 12.1. The number of hydrogen-bond donors (Lipinski definition) is 2. The molecule has 4 rings (SSSR count). The van der Waals surface area contributed by atoms with Crippen LogP contribution < -0.4 is 5.32 Å². The van der Waals surface area contributed by atoms with E-state index in [0.29, 0.717) is 17.9 Å². The molecule has 0 saturated heterocycles. The van der Waals surface area contributed by atoms with Crippen molar-refractivity contribution in [3.8, 4) is 0 Å². The highest BCUT2D eigenvalue weighted by Gasteiger charge is 2.30. The van der Waals surface area contributed by atoms with E-state index in [-0.39, 0.29) is 6.61 Å². The minimum absolute atomic E-state index is 0.261. The molecule has 0 aromatic carbocycles. The van der Waals surface area contributed by atoms with E-state index in [2.05, 4.69) is 24.9 Å². The van der Waals surface area contributed by atoms with Crippen molar-refractivity contribution in [3.63, 3.8) is 0 Å². The predicted molar refractivity (Wildman–Crippen MR) is 79.2 cm³/mol. The number of nitrogens with one attached hydrogen (secondary N) is 1. The third kappa shape index (κ3) is 2.37. The van der Waals surface area contributed by atoms with Gasteiger partial charge in [-0.1, -0.05) is 6.42 Å². The van der Waals surface area contributed by atoms with E-state index in [0.717, 1.165) is 30.1 Å². The first-order valence-corrected chi connectivity index (χ1v) is 7.94. The highest BCUT2D eigenvalue weighted by atomic mass is 16.3. The zero-order chi connectivity index (χ0) is 14.2. The Hall–Kier alpha value is -1.69. The molecule has 6 heteroatoms. The molecule has 0 bridgehead atoms. The minimum Gasteiger partial charge on any atom is -0.396 e. The molecule has 2 saturated carbocycles. The first-order valence-electron chi connectivity index (χ1n) is 7.94. The molecule has 21 heavy (non-hydrogen) atoms. The summed E-state index contributed by atoms with van der Waals surface area (Å²) in [7, 11) is 0. The molecular weight excluding hydrogens is 266 g/mol. The Bertz CT molecular complexity index is 636. The van der Waals surface area contributed by atoms with Crippen LogP contribution in [0.25, 0.3) is 5.65 Å². The van der Waals surface area contributed by atoms with Gasteiger partial charge >= 0.3 is 0 Å². The quantitative estimate of drug-likeness (QED) is 0.879. The van der Waals surface area contributed by atoms with E-state index in [9.17, 15) is 5.11 Å². The standard InChI is InChI=1S/C15H21N5O/c21-9-6-10-2-1-3-12(10)17-13-15-19-18-14(11-4-5-11)20(15)8-7-16-13/h7-8,10-12,21H,1-6,9H2,(H,16,17). The van der Waals surface area contributed by atoms with Crippen molar-refractivity contribution in [2.75, 3.05) is 11.9 Å². The monoisotopic (exact) mass is 287 g/mol. The van der Waals surface area contributed by atoms with Gasteiger partial charge in [0.25, 0.3) is 0 Å². The van der Waals surface area contributed by atoms with Crippen LogP contribution in [0, 0.1) is 5.92 Å². The first-order chi connectivity index (χ1) is 10.4. The number of aliphatic hydroxyl groups excluding tert-OH is 1. The van der Waals surface area contributed by atoms with Gasteiger partial charge in [0, 0.05) is 31.0 Å². The summed E-state index contributed by atoms with van der Waals surface area (Å²) < 4.78 is 2.07. The summed E-state index contributed by atoms with van der Waals surface area (Å²) in [5.74, 6) is 2.99. The second kappa shape index (κ2) is 5.26. The van der Waals surface area contributed by atoms with Crippen molar-refractivity contribution >= 4 is 11.5 Å². The van der Waals surface area contributed by atoms with Gasteiger partial charge in [0.2, 0.25) is 5.65 Å². The fourth-order valence-electron chi connectivity index (χ4n) is 3.48. The van der Waals surface area contributed by atoms with Crippen molar-refractivity contribution in [1.29, 1.82) is 0 Å². The van der Waals surface area contributed by atoms with Gasteiger partial charge in [-0.15, -0.1) is 10.2 Å². The van der Waals surface area contributed by atoms with Crippen LogP contribution in [-0.4, -0.2) is 37.3 Å². The maximum atomic E-state index is 9.18. The van der Waals surface area contributed by atoms with Crippen LogP contribution in [0.5, 0.6) is 0 Å². The summed E-state index contributed by atoms with van der Waals surface area (Å²) in [6.07, 6.45) is 10.6. The fraction of sp³-hybridized carbons (Fsp3) is 0.667. The molecule has 2 aromatic heterocycles. The Labute approximate surface area is 123 Å². The molecule has 2 unspecified atom stereocenters. The van der Waals surface area contributed by atoms with E-state index in [1.165, 1.54) is 25.7 Å². The van der Waals surface area contributed by atoms with Gasteiger partial charge in [0.1, 0.15) is 5.82 Å². The zero-order valence-corrected chi connectivity index (χ0v) is 12.1. The molecule has 2 aliphatic carbocycles. The maximum absolute atomic E-state index is 9.18. The van der Waals surface area contributed by atoms with Crippen LogP contribution >= 0.6 is 0 Å². The average molecular weight is 287 g/mol. The number of aromatic nitrogens is 4. The third-order valence-electron chi connectivity index (χ3n) is 4.78. The molecule has 2 heterocycles. The van der Waals surface area contributed by atoms with Crippen molar-refractivity contribution in [1.82, 2.24) is 19.6 Å². The lowest BCUT2D eigenvalue weighted by Crippen LogP contribution is -2.25. The van der Waals surface area contributed by atoms with E-state index in [1.807, 2.05) is 12.4 Å². The second-order valence-electron chi connectivity index (χ2n) is 6.26. The molecule has 2 N–H and O–H groups in total. The van der Waals surface area contributed by atoms with E-state index in [4.69, 9.17) is 0 Å². The van der Waals surface area contributed by atoms with Gasteiger partial charge in [0.15, 0.2) is 5.82 Å². The summed E-state index contributed by atoms with van der Waals surface area (Å²) in [5, 5.41) is 21.4. The number of fused-ring (bicyclic) bond motifs is 1. The van der Waals surface area contributed by atoms with Gasteiger partial charge in [-0.3, -0.25) is 4.40 Å². The first kappa shape index (κ1) is 13.0. The van der Waals surface area contributed by atoms with Gasteiger partial charge in [-0.25, -0.2) is 4.98 Å². The summed E-state index contributed by atoms with van der Waals surface area (Å²) in [6, 6.07) is 0.386. The minimum atomic E-state index is 0.261. The summed E-state index contributed by atoms with van der Waals surface area (Å²) >= 11 is 0. The van der Waals surface area contributed by atoms with Crippen LogP contribution in [0.4, 0.5) is 5.82 Å². The van der Waals surface area contributed by atoms with Gasteiger partial charge < -0.3 is 10.4 Å². The maximum Gasteiger partial charge on any atom is 0.203 e. The van der Waals surface area contributed by atoms with Gasteiger partial charge in [0.05, 0.1) is 0 Å². The third-order valence-corrected chi connectivity index (χ3v) is 4.78. The van der Waals surface area contributed by atoms with E-state index < -0.39 is 0 Å². The van der Waals surface area contributed by atoms with Crippen LogP contribution in [-0.2, 0) is 0 Å². The molecular formula is C15H21N5O. The lowest BCUT2D eigenvalue weighted by Gasteiger charge is -2.20. The molecule has 0 radical (unpaired) electrons. The second-order valence-corrected chi connectivity index (χ2v) is 6.26. The number of nitrogens with zero attached hydrogens (tertiary/aromatic N) is 4. The lowest BCUT2D eigenvalue weighted by molar-refractivity contribution is 0.254. The Morgan fingerprint density at radius 1 is 1.24 bits per heavy atom. The van der Waals surface area contributed by atoms with Crippen LogP contribution in [0.15, 0.2) is 12.4 Å². The van der Waals surface area contributed by atoms with Gasteiger partial charge in [-0.2, -0.15) is 0 Å². The smallest absolute Gasteiger partial charge is 0.203 e. The molecule has 2 aromatic rings. The number of anilines is 1. The SMILES string of the molecule is OCCC1CCCC1Nc1nccn2c(C3CC3)nnc12. The van der Waals surface area contributed by atoms with Crippen LogP contribution in [0.1, 0.15) is 50.3 Å². The van der Waals surface area contributed by atoms with Crippen molar-refractivity contribution in [2.24, 2.45) is 5.92 Å². The molecule has 112 valence electrons. The molecule has 0 amide bonds. The van der Waals surface area contributed by atoms with Gasteiger partial charge in [-0.05, 0) is 38.0 Å². The molecule has 0 aliphatic heterocycles. The average Bonchev–Trinajstić information content (AvgIpc) is 3.09. The lowest BCUT2D eigenvalue weighted by atomic mass is 10.0. The Morgan fingerprint density at radius 2 is 2.14 bits per heavy atom. The highest BCUT2D eigenvalue weighted by molar-refractivity contribution is 5.62. The Balaban J connectivity index is 1.61. The summed E-state index contributed by atoms with van der Waals surface area (Å²) in [6.45, 7) is 0.261. The molecule has 0 spiro atoms. The number of aliphatic hydroxyl groups is 1. The largest absolute Gasteiger partial charge is 0.396 e. The number of rotatable bonds is 5. The van der Waals surface area contributed by atoms with Crippen molar-refractivity contribution in [3.05, 3.63) is 18.2 Å².